The van der Waals surface area contributed by atoms with E-state index < -0.39 is 11.4 Å². The summed E-state index contributed by atoms with van der Waals surface area (Å²) < 4.78 is 1.61. The summed E-state index contributed by atoms with van der Waals surface area (Å²) in [6, 6.07) is 7.67. The van der Waals surface area contributed by atoms with E-state index in [2.05, 4.69) is 5.10 Å². The van der Waals surface area contributed by atoms with E-state index in [4.69, 9.17) is 0 Å². The summed E-state index contributed by atoms with van der Waals surface area (Å²) in [6.07, 6.45) is 2.33. The van der Waals surface area contributed by atoms with E-state index in [1.54, 1.807) is 16.5 Å². The van der Waals surface area contributed by atoms with Gasteiger partial charge in [-0.1, -0.05) is 18.2 Å². The van der Waals surface area contributed by atoms with Crippen LogP contribution in [-0.2, 0) is 16.1 Å². The molecule has 0 spiro atoms. The molecule has 0 aliphatic carbocycles. The molecule has 6 nitrogen and oxygen atoms in total. The van der Waals surface area contributed by atoms with Crippen LogP contribution in [0.3, 0.4) is 0 Å². The van der Waals surface area contributed by atoms with E-state index in [0.717, 1.165) is 10.9 Å². The molecule has 1 fully saturated rings. The van der Waals surface area contributed by atoms with Gasteiger partial charge in [0.05, 0.1) is 10.9 Å². The van der Waals surface area contributed by atoms with Gasteiger partial charge in [0.15, 0.2) is 0 Å². The molecule has 1 aliphatic heterocycles. The van der Waals surface area contributed by atoms with Gasteiger partial charge in [0.1, 0.15) is 6.54 Å². The molecule has 1 N–H and O–H groups in total. The fraction of sp³-hybridized carbons (Fsp3) is 0.400. The third-order valence-electron chi connectivity index (χ3n) is 4.10. The Labute approximate surface area is 122 Å². The Morgan fingerprint density at radius 1 is 1.38 bits per heavy atom. The average Bonchev–Trinajstić information content (AvgIpc) is 3.02. The maximum atomic E-state index is 12.3. The zero-order chi connectivity index (χ0) is 15.0. The van der Waals surface area contributed by atoms with Crippen LogP contribution in [0.1, 0.15) is 13.3 Å². The predicted molar refractivity (Wildman–Crippen MR) is 76.7 cm³/mol. The van der Waals surface area contributed by atoms with Gasteiger partial charge in [-0.05, 0) is 19.4 Å². The second-order valence-corrected chi connectivity index (χ2v) is 5.82. The molecule has 1 aliphatic rings. The van der Waals surface area contributed by atoms with Gasteiger partial charge in [0.2, 0.25) is 5.91 Å². The van der Waals surface area contributed by atoms with Crippen LogP contribution in [0, 0.1) is 5.41 Å². The van der Waals surface area contributed by atoms with Crippen LogP contribution in [0.15, 0.2) is 30.5 Å². The van der Waals surface area contributed by atoms with Crippen molar-refractivity contribution in [2.75, 3.05) is 13.1 Å². The van der Waals surface area contributed by atoms with Gasteiger partial charge in [-0.25, -0.2) is 0 Å². The predicted octanol–water partition coefficient (Wildman–Crippen LogP) is 1.36. The molecule has 1 unspecified atom stereocenters. The van der Waals surface area contributed by atoms with Gasteiger partial charge in [-0.15, -0.1) is 0 Å². The maximum Gasteiger partial charge on any atom is 0.311 e. The highest BCUT2D eigenvalue weighted by atomic mass is 16.4. The standard InChI is InChI=1S/C15H17N3O3/c1-15(14(20)21)6-7-17(10-15)13(19)9-18-8-11-4-2-3-5-12(11)16-18/h2-5,8H,6-7,9-10H2,1H3,(H,20,21). The van der Waals surface area contributed by atoms with Crippen molar-refractivity contribution in [3.63, 3.8) is 0 Å². The largest absolute Gasteiger partial charge is 0.481 e. The zero-order valence-corrected chi connectivity index (χ0v) is 11.8. The first-order valence-electron chi connectivity index (χ1n) is 6.91. The van der Waals surface area contributed by atoms with Crippen molar-refractivity contribution >= 4 is 22.8 Å². The molecule has 1 aromatic carbocycles. The van der Waals surface area contributed by atoms with Crippen LogP contribution in [-0.4, -0.2) is 44.8 Å². The molecular formula is C15H17N3O3. The molecule has 0 radical (unpaired) electrons. The number of hydrogen-bond acceptors (Lipinski definition) is 3. The van der Waals surface area contributed by atoms with Crippen molar-refractivity contribution < 1.29 is 14.7 Å². The Hall–Kier alpha value is -2.37. The molecule has 1 saturated heterocycles. The number of fused-ring (bicyclic) bond motifs is 1. The highest BCUT2D eigenvalue weighted by molar-refractivity contribution is 5.81. The number of hydrogen-bond donors (Lipinski definition) is 1. The van der Waals surface area contributed by atoms with Crippen LogP contribution in [0.2, 0.25) is 0 Å². The van der Waals surface area contributed by atoms with Crippen molar-refractivity contribution in [1.82, 2.24) is 14.7 Å². The third-order valence-corrected chi connectivity index (χ3v) is 4.10. The first-order valence-corrected chi connectivity index (χ1v) is 6.91. The average molecular weight is 287 g/mol. The normalized spacial score (nSPS) is 21.9. The Bertz CT molecular complexity index is 676. The van der Waals surface area contributed by atoms with Crippen molar-refractivity contribution in [2.24, 2.45) is 5.41 Å². The van der Waals surface area contributed by atoms with Crippen LogP contribution in [0.25, 0.3) is 10.9 Å². The van der Waals surface area contributed by atoms with E-state index in [-0.39, 0.29) is 19.0 Å². The zero-order valence-electron chi connectivity index (χ0n) is 11.8. The van der Waals surface area contributed by atoms with E-state index >= 15 is 0 Å². The summed E-state index contributed by atoms with van der Waals surface area (Å²) in [5.74, 6) is -0.935. The van der Waals surface area contributed by atoms with Crippen LogP contribution >= 0.6 is 0 Å². The molecule has 2 aromatic rings. The van der Waals surface area contributed by atoms with E-state index in [1.807, 2.05) is 30.5 Å². The summed E-state index contributed by atoms with van der Waals surface area (Å²) in [5, 5.41) is 14.5. The number of nitrogens with zero attached hydrogens (tertiary/aromatic N) is 3. The van der Waals surface area contributed by atoms with Crippen molar-refractivity contribution in [3.05, 3.63) is 30.5 Å². The molecule has 6 heteroatoms. The fourth-order valence-corrected chi connectivity index (χ4v) is 2.68. The SMILES string of the molecule is CC1(C(=O)O)CCN(C(=O)Cn2cc3ccccc3n2)C1. The molecular weight excluding hydrogens is 270 g/mol. The second kappa shape index (κ2) is 4.87. The minimum atomic E-state index is -0.845. The molecule has 21 heavy (non-hydrogen) atoms. The first-order chi connectivity index (χ1) is 9.98. The van der Waals surface area contributed by atoms with E-state index in [0.29, 0.717) is 13.0 Å². The number of amides is 1. The van der Waals surface area contributed by atoms with Crippen LogP contribution in [0.4, 0.5) is 0 Å². The summed E-state index contributed by atoms with van der Waals surface area (Å²) >= 11 is 0. The highest BCUT2D eigenvalue weighted by Crippen LogP contribution is 2.30. The van der Waals surface area contributed by atoms with E-state index in [9.17, 15) is 14.7 Å². The molecule has 110 valence electrons. The molecule has 1 atom stereocenters. The van der Waals surface area contributed by atoms with Gasteiger partial charge in [-0.3, -0.25) is 14.3 Å². The number of benzene rings is 1. The first kappa shape index (κ1) is 13.6. The van der Waals surface area contributed by atoms with Gasteiger partial charge < -0.3 is 10.0 Å². The van der Waals surface area contributed by atoms with Crippen molar-refractivity contribution in [1.29, 1.82) is 0 Å². The van der Waals surface area contributed by atoms with Gasteiger partial charge in [0, 0.05) is 24.7 Å². The monoisotopic (exact) mass is 287 g/mol. The lowest BCUT2D eigenvalue weighted by atomic mass is 9.90. The third kappa shape index (κ3) is 2.49. The Morgan fingerprint density at radius 3 is 2.81 bits per heavy atom. The smallest absolute Gasteiger partial charge is 0.311 e. The van der Waals surface area contributed by atoms with E-state index in [1.165, 1.54) is 0 Å². The number of carbonyl (C=O) groups excluding carboxylic acids is 1. The number of likely N-dealkylation sites (tertiary alicyclic amines) is 1. The van der Waals surface area contributed by atoms with Gasteiger partial charge in [-0.2, -0.15) is 5.10 Å². The number of carbonyl (C=O) groups is 2. The molecule has 0 saturated carbocycles. The number of aliphatic carboxylic acids is 1. The summed E-state index contributed by atoms with van der Waals surface area (Å²) in [4.78, 5) is 25.1. The second-order valence-electron chi connectivity index (χ2n) is 5.82. The Kier molecular flexibility index (Phi) is 3.16. The fourth-order valence-electron chi connectivity index (χ4n) is 2.68. The number of rotatable bonds is 3. The topological polar surface area (TPSA) is 75.4 Å². The Morgan fingerprint density at radius 2 is 2.14 bits per heavy atom. The number of carboxylic acids is 1. The lowest BCUT2D eigenvalue weighted by molar-refractivity contribution is -0.147. The summed E-state index contributed by atoms with van der Waals surface area (Å²) in [7, 11) is 0. The molecule has 2 heterocycles. The highest BCUT2D eigenvalue weighted by Gasteiger charge is 2.42. The lowest BCUT2D eigenvalue weighted by Crippen LogP contribution is -2.36. The van der Waals surface area contributed by atoms with Crippen LogP contribution < -0.4 is 0 Å². The molecule has 3 rings (SSSR count). The van der Waals surface area contributed by atoms with Crippen molar-refractivity contribution in [3.8, 4) is 0 Å². The minimum absolute atomic E-state index is 0.0900. The van der Waals surface area contributed by atoms with Crippen LogP contribution in [0.5, 0.6) is 0 Å². The molecule has 1 amide bonds. The number of carboxylic acid groups (broad SMARTS) is 1. The lowest BCUT2D eigenvalue weighted by Gasteiger charge is -2.20. The summed E-state index contributed by atoms with van der Waals surface area (Å²) in [5.41, 5.74) is 0.0203. The maximum absolute atomic E-state index is 12.3. The van der Waals surface area contributed by atoms with Gasteiger partial charge in [0.25, 0.3) is 0 Å². The Balaban J connectivity index is 1.71. The quantitative estimate of drug-likeness (QED) is 0.925. The minimum Gasteiger partial charge on any atom is -0.481 e. The van der Waals surface area contributed by atoms with Crippen molar-refractivity contribution in [2.45, 2.75) is 19.9 Å². The molecule has 1 aromatic heterocycles. The molecule has 0 bridgehead atoms. The number of aromatic nitrogens is 2. The summed E-state index contributed by atoms with van der Waals surface area (Å²) in [6.45, 7) is 2.58. The van der Waals surface area contributed by atoms with Gasteiger partial charge >= 0.3 is 5.97 Å².